The molecule has 0 aliphatic rings. The highest BCUT2D eigenvalue weighted by molar-refractivity contribution is 5.40. The molecule has 0 spiro atoms. The molecule has 0 heterocycles. The third-order valence-electron chi connectivity index (χ3n) is 3.51. The van der Waals surface area contributed by atoms with Crippen molar-refractivity contribution in [2.75, 3.05) is 6.54 Å². The minimum Gasteiger partial charge on any atom is -0.314 e. The summed E-state index contributed by atoms with van der Waals surface area (Å²) in [6, 6.07) is 7.46. The average molecular weight is 264 g/mol. The third kappa shape index (κ3) is 4.63. The highest BCUT2D eigenvalue weighted by Gasteiger charge is 2.19. The Bertz CT molecular complexity index is 407. The van der Waals surface area contributed by atoms with Crippen molar-refractivity contribution in [3.05, 3.63) is 39.9 Å². The molecule has 4 nitrogen and oxygen atoms in total. The molecule has 1 aromatic rings. The number of benzene rings is 1. The van der Waals surface area contributed by atoms with Gasteiger partial charge < -0.3 is 5.32 Å². The SMILES string of the molecule is CCCNC(CC)C(C)Cc1ccccc1[N+](=O)[O-]. The maximum absolute atomic E-state index is 11.0. The first-order valence-corrected chi connectivity index (χ1v) is 7.05. The molecule has 0 aliphatic carbocycles. The Morgan fingerprint density at radius 2 is 2.00 bits per heavy atom. The molecule has 1 rings (SSSR count). The minimum absolute atomic E-state index is 0.236. The lowest BCUT2D eigenvalue weighted by atomic mass is 9.91. The maximum Gasteiger partial charge on any atom is 0.272 e. The van der Waals surface area contributed by atoms with Crippen LogP contribution in [0.4, 0.5) is 5.69 Å². The van der Waals surface area contributed by atoms with Crippen LogP contribution in [0.1, 0.15) is 39.2 Å². The second-order valence-electron chi connectivity index (χ2n) is 5.04. The maximum atomic E-state index is 11.0. The van der Waals surface area contributed by atoms with Crippen LogP contribution < -0.4 is 5.32 Å². The number of nitro groups is 1. The molecular weight excluding hydrogens is 240 g/mol. The third-order valence-corrected chi connectivity index (χ3v) is 3.51. The van der Waals surface area contributed by atoms with E-state index < -0.39 is 0 Å². The van der Waals surface area contributed by atoms with Gasteiger partial charge in [-0.15, -0.1) is 0 Å². The smallest absolute Gasteiger partial charge is 0.272 e. The lowest BCUT2D eigenvalue weighted by molar-refractivity contribution is -0.385. The van der Waals surface area contributed by atoms with E-state index in [1.807, 2.05) is 12.1 Å². The van der Waals surface area contributed by atoms with E-state index in [1.165, 1.54) is 0 Å². The number of hydrogen-bond acceptors (Lipinski definition) is 3. The highest BCUT2D eigenvalue weighted by atomic mass is 16.6. The Labute approximate surface area is 115 Å². The summed E-state index contributed by atoms with van der Waals surface area (Å²) in [5.74, 6) is 0.387. The summed E-state index contributed by atoms with van der Waals surface area (Å²) < 4.78 is 0. The van der Waals surface area contributed by atoms with Crippen LogP contribution in [0.15, 0.2) is 24.3 Å². The minimum atomic E-state index is -0.289. The zero-order valence-corrected chi connectivity index (χ0v) is 12.1. The van der Waals surface area contributed by atoms with Crippen molar-refractivity contribution in [1.29, 1.82) is 0 Å². The second-order valence-corrected chi connectivity index (χ2v) is 5.04. The van der Waals surface area contributed by atoms with E-state index in [-0.39, 0.29) is 10.6 Å². The largest absolute Gasteiger partial charge is 0.314 e. The first-order valence-electron chi connectivity index (χ1n) is 7.05. The molecule has 2 atom stereocenters. The molecule has 0 aliphatic heterocycles. The first-order chi connectivity index (χ1) is 9.10. The second kappa shape index (κ2) is 7.89. The summed E-state index contributed by atoms with van der Waals surface area (Å²) in [7, 11) is 0. The summed E-state index contributed by atoms with van der Waals surface area (Å²) in [6.07, 6.45) is 2.89. The lowest BCUT2D eigenvalue weighted by Gasteiger charge is -2.24. The molecule has 19 heavy (non-hydrogen) atoms. The Kier molecular flexibility index (Phi) is 6.50. The Morgan fingerprint density at radius 1 is 1.32 bits per heavy atom. The number of nitro benzene ring substituents is 1. The van der Waals surface area contributed by atoms with E-state index in [9.17, 15) is 10.1 Å². The van der Waals surface area contributed by atoms with Crippen molar-refractivity contribution >= 4 is 5.69 Å². The highest BCUT2D eigenvalue weighted by Crippen LogP contribution is 2.23. The fourth-order valence-electron chi connectivity index (χ4n) is 2.43. The van der Waals surface area contributed by atoms with Crippen LogP contribution in [-0.2, 0) is 6.42 Å². The monoisotopic (exact) mass is 264 g/mol. The molecule has 0 aromatic heterocycles. The number of hydrogen-bond donors (Lipinski definition) is 1. The molecule has 2 unspecified atom stereocenters. The molecule has 106 valence electrons. The van der Waals surface area contributed by atoms with Gasteiger partial charge in [-0.1, -0.05) is 39.0 Å². The molecule has 1 aromatic carbocycles. The van der Waals surface area contributed by atoms with Crippen molar-refractivity contribution < 1.29 is 4.92 Å². The van der Waals surface area contributed by atoms with Gasteiger partial charge in [-0.3, -0.25) is 10.1 Å². The molecule has 0 radical (unpaired) electrons. The average Bonchev–Trinajstić information content (AvgIpc) is 2.40. The van der Waals surface area contributed by atoms with Gasteiger partial charge in [0.1, 0.15) is 0 Å². The van der Waals surface area contributed by atoms with Gasteiger partial charge in [0.2, 0.25) is 0 Å². The Morgan fingerprint density at radius 3 is 2.58 bits per heavy atom. The van der Waals surface area contributed by atoms with Gasteiger partial charge in [0, 0.05) is 17.7 Å². The molecule has 4 heteroatoms. The summed E-state index contributed by atoms with van der Waals surface area (Å²) >= 11 is 0. The zero-order chi connectivity index (χ0) is 14.3. The molecular formula is C15H24N2O2. The zero-order valence-electron chi connectivity index (χ0n) is 12.1. The standard InChI is InChI=1S/C15H24N2O2/c1-4-10-16-14(5-2)12(3)11-13-8-6-7-9-15(13)17(18)19/h6-9,12,14,16H,4-5,10-11H2,1-3H3. The van der Waals surface area contributed by atoms with Crippen LogP contribution in [0.5, 0.6) is 0 Å². The molecule has 0 amide bonds. The summed E-state index contributed by atoms with van der Waals surface area (Å²) in [5, 5.41) is 14.5. The quantitative estimate of drug-likeness (QED) is 0.577. The normalized spacial score (nSPS) is 14.1. The number of nitrogens with zero attached hydrogens (tertiary/aromatic N) is 1. The predicted octanol–water partition coefficient (Wildman–Crippen LogP) is 3.55. The van der Waals surface area contributed by atoms with E-state index in [1.54, 1.807) is 12.1 Å². The van der Waals surface area contributed by atoms with E-state index >= 15 is 0 Å². The van der Waals surface area contributed by atoms with Gasteiger partial charge in [0.25, 0.3) is 5.69 Å². The fourth-order valence-corrected chi connectivity index (χ4v) is 2.43. The number of para-hydroxylation sites is 1. The van der Waals surface area contributed by atoms with Gasteiger partial charge in [0.05, 0.1) is 4.92 Å². The topological polar surface area (TPSA) is 55.2 Å². The lowest BCUT2D eigenvalue weighted by Crippen LogP contribution is -2.35. The van der Waals surface area contributed by atoms with Gasteiger partial charge in [-0.05, 0) is 31.7 Å². The number of nitrogens with one attached hydrogen (secondary N) is 1. The van der Waals surface area contributed by atoms with Crippen molar-refractivity contribution in [2.24, 2.45) is 5.92 Å². The van der Waals surface area contributed by atoms with Crippen molar-refractivity contribution in [2.45, 2.75) is 46.1 Å². The molecule has 1 N–H and O–H groups in total. The Balaban J connectivity index is 2.75. The summed E-state index contributed by atoms with van der Waals surface area (Å²) in [4.78, 5) is 10.7. The van der Waals surface area contributed by atoms with Gasteiger partial charge in [-0.25, -0.2) is 0 Å². The van der Waals surface area contributed by atoms with E-state index in [0.717, 1.165) is 31.4 Å². The number of rotatable bonds is 8. The van der Waals surface area contributed by atoms with Crippen LogP contribution in [0.2, 0.25) is 0 Å². The van der Waals surface area contributed by atoms with Crippen LogP contribution in [0.3, 0.4) is 0 Å². The van der Waals surface area contributed by atoms with Crippen molar-refractivity contribution in [3.8, 4) is 0 Å². The molecule has 0 bridgehead atoms. The van der Waals surface area contributed by atoms with Gasteiger partial charge in [-0.2, -0.15) is 0 Å². The molecule has 0 saturated heterocycles. The van der Waals surface area contributed by atoms with Crippen molar-refractivity contribution in [3.63, 3.8) is 0 Å². The van der Waals surface area contributed by atoms with Crippen LogP contribution in [-0.4, -0.2) is 17.5 Å². The van der Waals surface area contributed by atoms with Gasteiger partial charge >= 0.3 is 0 Å². The molecule has 0 fully saturated rings. The van der Waals surface area contributed by atoms with Crippen LogP contribution in [0, 0.1) is 16.0 Å². The van der Waals surface area contributed by atoms with Gasteiger partial charge in [0.15, 0.2) is 0 Å². The summed E-state index contributed by atoms with van der Waals surface area (Å²) in [5.41, 5.74) is 1.07. The fraction of sp³-hybridized carbons (Fsp3) is 0.600. The predicted molar refractivity (Wildman–Crippen MR) is 78.3 cm³/mol. The van der Waals surface area contributed by atoms with E-state index in [2.05, 4.69) is 26.1 Å². The molecule has 0 saturated carbocycles. The Hall–Kier alpha value is -1.42. The van der Waals surface area contributed by atoms with Crippen molar-refractivity contribution in [1.82, 2.24) is 5.32 Å². The van der Waals surface area contributed by atoms with Crippen LogP contribution in [0.25, 0.3) is 0 Å². The first kappa shape index (κ1) is 15.6. The van der Waals surface area contributed by atoms with E-state index in [4.69, 9.17) is 0 Å². The van der Waals surface area contributed by atoms with Crippen LogP contribution >= 0.6 is 0 Å². The summed E-state index contributed by atoms with van der Waals surface area (Å²) in [6.45, 7) is 7.46. The van der Waals surface area contributed by atoms with E-state index in [0.29, 0.717) is 12.0 Å².